The third kappa shape index (κ3) is 9.60. The molecule has 42 heavy (non-hydrogen) atoms. The lowest BCUT2D eigenvalue weighted by Gasteiger charge is -2.42. The zero-order chi connectivity index (χ0) is 28.7. The van der Waals surface area contributed by atoms with Gasteiger partial charge in [-0.05, 0) is 22.3 Å². The molecule has 4 aromatic rings. The van der Waals surface area contributed by atoms with E-state index >= 15 is 0 Å². The van der Waals surface area contributed by atoms with Crippen molar-refractivity contribution in [2.45, 2.75) is 50.8 Å². The first-order valence-electron chi connectivity index (χ1n) is 14.8. The van der Waals surface area contributed by atoms with Crippen molar-refractivity contribution in [3.63, 3.8) is 0 Å². The minimum absolute atomic E-state index is 0.291. The van der Waals surface area contributed by atoms with Crippen molar-refractivity contribution in [2.24, 2.45) is 0 Å². The van der Waals surface area contributed by atoms with Gasteiger partial charge in [0.2, 0.25) is 0 Å². The van der Waals surface area contributed by atoms with Gasteiger partial charge in [0, 0.05) is 13.1 Å². The van der Waals surface area contributed by atoms with E-state index in [-0.39, 0.29) is 24.4 Å². The molecule has 1 saturated heterocycles. The quantitative estimate of drug-likeness (QED) is 0.169. The minimum Gasteiger partial charge on any atom is -0.377 e. The van der Waals surface area contributed by atoms with Gasteiger partial charge in [0.05, 0.1) is 39.6 Å². The summed E-state index contributed by atoms with van der Waals surface area (Å²) in [6.45, 7) is 4.30. The van der Waals surface area contributed by atoms with Crippen LogP contribution in [-0.2, 0) is 50.0 Å². The highest BCUT2D eigenvalue weighted by atomic mass is 16.6. The van der Waals surface area contributed by atoms with Crippen molar-refractivity contribution in [1.29, 1.82) is 0 Å². The summed E-state index contributed by atoms with van der Waals surface area (Å²) in [5.41, 5.74) is 4.55. The van der Waals surface area contributed by atoms with Crippen LogP contribution in [-0.4, -0.2) is 50.8 Å². The second-order valence-electron chi connectivity index (χ2n) is 10.5. The molecule has 0 saturated carbocycles. The van der Waals surface area contributed by atoms with E-state index < -0.39 is 0 Å². The number of nitrogens with one attached hydrogen (secondary N) is 1. The summed E-state index contributed by atoms with van der Waals surface area (Å²) in [5.74, 6) is 0. The summed E-state index contributed by atoms with van der Waals surface area (Å²) in [4.78, 5) is 0. The number of ether oxygens (including phenoxy) is 5. The summed E-state index contributed by atoms with van der Waals surface area (Å²) in [6.07, 6.45) is -1.30. The van der Waals surface area contributed by atoms with Crippen LogP contribution >= 0.6 is 0 Å². The van der Waals surface area contributed by atoms with E-state index in [1.54, 1.807) is 0 Å². The first-order valence-corrected chi connectivity index (χ1v) is 14.8. The molecule has 1 aliphatic heterocycles. The van der Waals surface area contributed by atoms with E-state index in [9.17, 15) is 0 Å². The van der Waals surface area contributed by atoms with Crippen molar-refractivity contribution in [3.8, 4) is 0 Å². The van der Waals surface area contributed by atoms with Gasteiger partial charge in [-0.1, -0.05) is 121 Å². The molecule has 1 N–H and O–H groups in total. The van der Waals surface area contributed by atoms with Crippen molar-refractivity contribution < 1.29 is 23.7 Å². The lowest BCUT2D eigenvalue weighted by Crippen LogP contribution is -2.57. The monoisotopic (exact) mass is 567 g/mol. The van der Waals surface area contributed by atoms with Crippen LogP contribution in [0, 0.1) is 0 Å². The molecule has 4 atom stereocenters. The number of hydrogen-bond acceptors (Lipinski definition) is 6. The Kier molecular flexibility index (Phi) is 12.1. The van der Waals surface area contributed by atoms with Gasteiger partial charge in [0.15, 0.2) is 0 Å². The van der Waals surface area contributed by atoms with E-state index in [2.05, 4.69) is 66.0 Å². The fourth-order valence-electron chi connectivity index (χ4n) is 5.00. The van der Waals surface area contributed by atoms with Crippen LogP contribution in [0.5, 0.6) is 0 Å². The third-order valence-corrected chi connectivity index (χ3v) is 7.29. The number of hydrogen-bond donors (Lipinski definition) is 1. The molecular formula is C36H41NO5. The maximum atomic E-state index is 6.60. The largest absolute Gasteiger partial charge is 0.377 e. The maximum absolute atomic E-state index is 6.60. The molecule has 0 spiro atoms. The highest BCUT2D eigenvalue weighted by molar-refractivity contribution is 5.16. The van der Waals surface area contributed by atoms with E-state index in [0.717, 1.165) is 29.8 Å². The van der Waals surface area contributed by atoms with Crippen LogP contribution in [0.4, 0.5) is 0 Å². The van der Waals surface area contributed by atoms with Gasteiger partial charge < -0.3 is 29.0 Å². The standard InChI is InChI=1S/C36H41NO5/c1-5-13-29(14-6-1)23-37-21-22-38-27-33-35(41-25-31-17-9-3-10-18-31)36(42-26-32-19-11-4-12-20-32)34(28-40-33)39-24-30-15-7-2-8-16-30/h1-20,33-37H,21-28H2/t33-,34+,35-,36-/m1/s1. The van der Waals surface area contributed by atoms with E-state index in [1.807, 2.05) is 60.7 Å². The Morgan fingerprint density at radius 1 is 0.571 bits per heavy atom. The van der Waals surface area contributed by atoms with Gasteiger partial charge in [0.25, 0.3) is 0 Å². The summed E-state index contributed by atoms with van der Waals surface area (Å²) < 4.78 is 32.1. The Morgan fingerprint density at radius 2 is 1.05 bits per heavy atom. The highest BCUT2D eigenvalue weighted by Crippen LogP contribution is 2.27. The summed E-state index contributed by atoms with van der Waals surface area (Å²) >= 11 is 0. The maximum Gasteiger partial charge on any atom is 0.115 e. The molecule has 5 rings (SSSR count). The summed E-state index contributed by atoms with van der Waals surface area (Å²) in [6, 6.07) is 40.9. The Bertz CT molecular complexity index is 1260. The van der Waals surface area contributed by atoms with Crippen molar-refractivity contribution in [1.82, 2.24) is 5.32 Å². The fourth-order valence-corrected chi connectivity index (χ4v) is 5.00. The lowest BCUT2D eigenvalue weighted by molar-refractivity contribution is -0.246. The first kappa shape index (κ1) is 30.1. The van der Waals surface area contributed by atoms with Crippen LogP contribution in [0.2, 0.25) is 0 Å². The molecule has 0 unspecified atom stereocenters. The van der Waals surface area contributed by atoms with Crippen LogP contribution in [0.3, 0.4) is 0 Å². The second-order valence-corrected chi connectivity index (χ2v) is 10.5. The number of rotatable bonds is 16. The summed E-state index contributed by atoms with van der Waals surface area (Å²) in [7, 11) is 0. The first-order chi connectivity index (χ1) is 20.8. The van der Waals surface area contributed by atoms with E-state index in [1.165, 1.54) is 5.56 Å². The van der Waals surface area contributed by atoms with Crippen LogP contribution in [0.15, 0.2) is 121 Å². The van der Waals surface area contributed by atoms with Crippen LogP contribution in [0.25, 0.3) is 0 Å². The zero-order valence-electron chi connectivity index (χ0n) is 24.1. The molecule has 0 aliphatic carbocycles. The third-order valence-electron chi connectivity index (χ3n) is 7.29. The average molecular weight is 568 g/mol. The van der Waals surface area contributed by atoms with Crippen LogP contribution < -0.4 is 5.32 Å². The molecule has 0 radical (unpaired) electrons. The van der Waals surface area contributed by atoms with Gasteiger partial charge in [-0.3, -0.25) is 0 Å². The minimum atomic E-state index is -0.374. The smallest absolute Gasteiger partial charge is 0.115 e. The normalized spacial score (nSPS) is 20.4. The Labute approximate surface area is 249 Å². The Hall–Kier alpha value is -3.36. The molecule has 6 heteroatoms. The van der Waals surface area contributed by atoms with Gasteiger partial charge >= 0.3 is 0 Å². The molecule has 1 heterocycles. The van der Waals surface area contributed by atoms with Gasteiger partial charge in [0.1, 0.15) is 24.4 Å². The molecule has 220 valence electrons. The van der Waals surface area contributed by atoms with Crippen molar-refractivity contribution in [2.75, 3.05) is 26.4 Å². The average Bonchev–Trinajstić information content (AvgIpc) is 3.06. The van der Waals surface area contributed by atoms with Gasteiger partial charge in [-0.15, -0.1) is 0 Å². The van der Waals surface area contributed by atoms with E-state index in [4.69, 9.17) is 23.7 Å². The van der Waals surface area contributed by atoms with Gasteiger partial charge in [-0.25, -0.2) is 0 Å². The van der Waals surface area contributed by atoms with Gasteiger partial charge in [-0.2, -0.15) is 0 Å². The Balaban J connectivity index is 1.24. The van der Waals surface area contributed by atoms with Crippen LogP contribution in [0.1, 0.15) is 22.3 Å². The van der Waals surface area contributed by atoms with E-state index in [0.29, 0.717) is 39.6 Å². The predicted molar refractivity (Wildman–Crippen MR) is 164 cm³/mol. The molecule has 6 nitrogen and oxygen atoms in total. The SMILES string of the molecule is c1ccc(CNCCOC[C@H]2OC[C@H](OCc3ccccc3)[C@@H](OCc3ccccc3)[C@@H]2OCc2ccccc2)cc1. The molecule has 1 fully saturated rings. The molecule has 4 aromatic carbocycles. The zero-order valence-corrected chi connectivity index (χ0v) is 24.1. The molecule has 0 bridgehead atoms. The summed E-state index contributed by atoms with van der Waals surface area (Å²) in [5, 5.41) is 3.44. The molecule has 0 amide bonds. The topological polar surface area (TPSA) is 58.2 Å². The predicted octanol–water partition coefficient (Wildman–Crippen LogP) is 5.95. The fraction of sp³-hybridized carbons (Fsp3) is 0.333. The molecular weight excluding hydrogens is 526 g/mol. The molecule has 0 aromatic heterocycles. The Morgan fingerprint density at radius 3 is 1.60 bits per heavy atom. The van der Waals surface area contributed by atoms with Crippen molar-refractivity contribution >= 4 is 0 Å². The molecule has 1 aliphatic rings. The number of benzene rings is 4. The highest BCUT2D eigenvalue weighted by Gasteiger charge is 2.43. The van der Waals surface area contributed by atoms with Crippen molar-refractivity contribution in [3.05, 3.63) is 144 Å². The second kappa shape index (κ2) is 16.9. The lowest BCUT2D eigenvalue weighted by atomic mass is 9.99.